The summed E-state index contributed by atoms with van der Waals surface area (Å²) in [7, 11) is 0. The molecule has 1 aliphatic rings. The predicted octanol–water partition coefficient (Wildman–Crippen LogP) is 2.35. The molecule has 1 fully saturated rings. The van der Waals surface area contributed by atoms with Gasteiger partial charge < -0.3 is 10.6 Å². The van der Waals surface area contributed by atoms with Crippen LogP contribution in [0.2, 0.25) is 0 Å². The van der Waals surface area contributed by atoms with E-state index >= 15 is 0 Å². The van der Waals surface area contributed by atoms with Gasteiger partial charge in [0.2, 0.25) is 0 Å². The predicted molar refractivity (Wildman–Crippen MR) is 78.4 cm³/mol. The van der Waals surface area contributed by atoms with Gasteiger partial charge in [-0.15, -0.1) is 0 Å². The Balaban J connectivity index is 1.90. The molecule has 20 heavy (non-hydrogen) atoms. The van der Waals surface area contributed by atoms with Gasteiger partial charge in [-0.1, -0.05) is 12.1 Å². The number of nitrogens with two attached hydrogens (primary N) is 1. The summed E-state index contributed by atoms with van der Waals surface area (Å²) in [5.41, 5.74) is 8.29. The number of hydrogen-bond donors (Lipinski definition) is 1. The van der Waals surface area contributed by atoms with E-state index in [0.29, 0.717) is 18.2 Å². The molecule has 0 spiro atoms. The average molecular weight is 267 g/mol. The van der Waals surface area contributed by atoms with E-state index in [-0.39, 0.29) is 5.91 Å². The standard InChI is InChI=1S/C16H17N3O/c17-11-12-1-3-14(4-2-12)19(15-5-6-15)16(20)13-7-9-18-10-8-13/h1-4,7-10,15H,5-6,11,17H2. The van der Waals surface area contributed by atoms with Crippen molar-refractivity contribution in [2.75, 3.05) is 4.90 Å². The molecule has 0 saturated heterocycles. The average Bonchev–Trinajstić information content (AvgIpc) is 3.34. The Morgan fingerprint density at radius 2 is 1.80 bits per heavy atom. The van der Waals surface area contributed by atoms with E-state index in [1.807, 2.05) is 29.2 Å². The largest absolute Gasteiger partial charge is 0.326 e. The summed E-state index contributed by atoms with van der Waals surface area (Å²) >= 11 is 0. The normalized spacial score (nSPS) is 14.1. The first-order valence-electron chi connectivity index (χ1n) is 6.82. The maximum Gasteiger partial charge on any atom is 0.258 e. The highest BCUT2D eigenvalue weighted by atomic mass is 16.2. The van der Waals surface area contributed by atoms with Gasteiger partial charge in [0.25, 0.3) is 5.91 Å². The maximum atomic E-state index is 12.7. The van der Waals surface area contributed by atoms with Gasteiger partial charge in [0.05, 0.1) is 0 Å². The lowest BCUT2D eigenvalue weighted by Crippen LogP contribution is -2.33. The van der Waals surface area contributed by atoms with Crippen LogP contribution < -0.4 is 10.6 Å². The van der Waals surface area contributed by atoms with E-state index in [4.69, 9.17) is 5.73 Å². The molecule has 3 rings (SSSR count). The SMILES string of the molecule is NCc1ccc(N(C(=O)c2ccncc2)C2CC2)cc1. The number of aromatic nitrogens is 1. The number of hydrogen-bond acceptors (Lipinski definition) is 3. The molecular weight excluding hydrogens is 250 g/mol. The summed E-state index contributed by atoms with van der Waals surface area (Å²) < 4.78 is 0. The molecule has 1 aromatic heterocycles. The summed E-state index contributed by atoms with van der Waals surface area (Å²) in [4.78, 5) is 18.5. The highest BCUT2D eigenvalue weighted by molar-refractivity contribution is 6.06. The van der Waals surface area contributed by atoms with Gasteiger partial charge in [0, 0.05) is 36.2 Å². The maximum absolute atomic E-state index is 12.7. The molecule has 1 aromatic carbocycles. The monoisotopic (exact) mass is 267 g/mol. The zero-order valence-electron chi connectivity index (χ0n) is 11.2. The lowest BCUT2D eigenvalue weighted by atomic mass is 10.1. The minimum atomic E-state index is 0.0374. The van der Waals surface area contributed by atoms with Crippen molar-refractivity contribution in [2.45, 2.75) is 25.4 Å². The zero-order chi connectivity index (χ0) is 13.9. The van der Waals surface area contributed by atoms with Crippen molar-refractivity contribution in [2.24, 2.45) is 5.73 Å². The number of carbonyl (C=O) groups excluding carboxylic acids is 1. The van der Waals surface area contributed by atoms with Crippen molar-refractivity contribution >= 4 is 11.6 Å². The summed E-state index contributed by atoms with van der Waals surface area (Å²) in [6.07, 6.45) is 5.43. The van der Waals surface area contributed by atoms with E-state index in [2.05, 4.69) is 4.98 Å². The third kappa shape index (κ3) is 2.56. The van der Waals surface area contributed by atoms with Crippen molar-refractivity contribution in [1.82, 2.24) is 4.98 Å². The Morgan fingerprint density at radius 1 is 1.15 bits per heavy atom. The van der Waals surface area contributed by atoms with Crippen LogP contribution in [0.4, 0.5) is 5.69 Å². The number of carbonyl (C=O) groups is 1. The molecule has 2 N–H and O–H groups in total. The molecule has 4 heteroatoms. The Labute approximate surface area is 118 Å². The van der Waals surface area contributed by atoms with Gasteiger partial charge in [-0.25, -0.2) is 0 Å². The van der Waals surface area contributed by atoms with E-state index in [1.165, 1.54) is 0 Å². The lowest BCUT2D eigenvalue weighted by Gasteiger charge is -2.23. The highest BCUT2D eigenvalue weighted by Gasteiger charge is 2.34. The first-order chi connectivity index (χ1) is 9.79. The minimum absolute atomic E-state index is 0.0374. The van der Waals surface area contributed by atoms with Crippen LogP contribution in [-0.4, -0.2) is 16.9 Å². The van der Waals surface area contributed by atoms with Gasteiger partial charge in [-0.05, 0) is 42.7 Å². The van der Waals surface area contributed by atoms with Crippen molar-refractivity contribution in [3.8, 4) is 0 Å². The third-order valence-electron chi connectivity index (χ3n) is 3.51. The van der Waals surface area contributed by atoms with Gasteiger partial charge in [0.1, 0.15) is 0 Å². The Bertz CT molecular complexity index is 591. The second-order valence-corrected chi connectivity index (χ2v) is 5.01. The summed E-state index contributed by atoms with van der Waals surface area (Å²) in [6.45, 7) is 0.516. The second-order valence-electron chi connectivity index (χ2n) is 5.01. The van der Waals surface area contributed by atoms with Crippen molar-refractivity contribution in [3.05, 3.63) is 59.9 Å². The van der Waals surface area contributed by atoms with Crippen LogP contribution in [0.25, 0.3) is 0 Å². The summed E-state index contributed by atoms with van der Waals surface area (Å²) in [5, 5.41) is 0. The Morgan fingerprint density at radius 3 is 2.35 bits per heavy atom. The van der Waals surface area contributed by atoms with E-state index in [9.17, 15) is 4.79 Å². The molecule has 1 aliphatic carbocycles. The highest BCUT2D eigenvalue weighted by Crippen LogP contribution is 2.33. The molecule has 2 aromatic rings. The fraction of sp³-hybridized carbons (Fsp3) is 0.250. The molecule has 102 valence electrons. The molecule has 1 heterocycles. The molecular formula is C16H17N3O. The summed E-state index contributed by atoms with van der Waals surface area (Å²) in [5.74, 6) is 0.0374. The van der Waals surface area contributed by atoms with Crippen LogP contribution in [-0.2, 0) is 6.54 Å². The zero-order valence-corrected chi connectivity index (χ0v) is 11.2. The van der Waals surface area contributed by atoms with Crippen LogP contribution in [0.15, 0.2) is 48.8 Å². The second kappa shape index (κ2) is 5.43. The number of nitrogens with zero attached hydrogens (tertiary/aromatic N) is 2. The molecule has 0 atom stereocenters. The first-order valence-corrected chi connectivity index (χ1v) is 6.82. The fourth-order valence-electron chi connectivity index (χ4n) is 2.25. The number of rotatable bonds is 4. The van der Waals surface area contributed by atoms with E-state index in [0.717, 1.165) is 24.1 Å². The Kier molecular flexibility index (Phi) is 3.48. The topological polar surface area (TPSA) is 59.2 Å². The molecule has 0 bridgehead atoms. The van der Waals surface area contributed by atoms with Crippen LogP contribution >= 0.6 is 0 Å². The minimum Gasteiger partial charge on any atom is -0.326 e. The molecule has 0 aliphatic heterocycles. The quantitative estimate of drug-likeness (QED) is 0.925. The lowest BCUT2D eigenvalue weighted by molar-refractivity contribution is 0.0985. The number of pyridine rings is 1. The number of benzene rings is 1. The van der Waals surface area contributed by atoms with Gasteiger partial charge in [-0.2, -0.15) is 0 Å². The van der Waals surface area contributed by atoms with Crippen molar-refractivity contribution < 1.29 is 4.79 Å². The van der Waals surface area contributed by atoms with Crippen LogP contribution in [0, 0.1) is 0 Å². The molecule has 1 saturated carbocycles. The molecule has 1 amide bonds. The Hall–Kier alpha value is -2.20. The van der Waals surface area contributed by atoms with Crippen LogP contribution in [0.1, 0.15) is 28.8 Å². The van der Waals surface area contributed by atoms with Crippen LogP contribution in [0.3, 0.4) is 0 Å². The first kappa shape index (κ1) is 12.8. The van der Waals surface area contributed by atoms with E-state index < -0.39 is 0 Å². The number of anilines is 1. The van der Waals surface area contributed by atoms with Crippen molar-refractivity contribution in [1.29, 1.82) is 0 Å². The van der Waals surface area contributed by atoms with E-state index in [1.54, 1.807) is 24.5 Å². The molecule has 0 unspecified atom stereocenters. The summed E-state index contributed by atoms with van der Waals surface area (Å²) in [6, 6.07) is 11.7. The van der Waals surface area contributed by atoms with Gasteiger partial charge in [0.15, 0.2) is 0 Å². The number of amides is 1. The van der Waals surface area contributed by atoms with Gasteiger partial charge >= 0.3 is 0 Å². The molecule has 4 nitrogen and oxygen atoms in total. The van der Waals surface area contributed by atoms with Crippen molar-refractivity contribution in [3.63, 3.8) is 0 Å². The molecule has 0 radical (unpaired) electrons. The third-order valence-corrected chi connectivity index (χ3v) is 3.51. The smallest absolute Gasteiger partial charge is 0.258 e. The van der Waals surface area contributed by atoms with Gasteiger partial charge in [-0.3, -0.25) is 9.78 Å². The van der Waals surface area contributed by atoms with Crippen LogP contribution in [0.5, 0.6) is 0 Å². The fourth-order valence-corrected chi connectivity index (χ4v) is 2.25.